The highest BCUT2D eigenvalue weighted by Crippen LogP contribution is 2.31. The van der Waals surface area contributed by atoms with Gasteiger partial charge in [0.15, 0.2) is 0 Å². The monoisotopic (exact) mass is 315 g/mol. The van der Waals surface area contributed by atoms with E-state index in [4.69, 9.17) is 0 Å². The quantitative estimate of drug-likeness (QED) is 0.398. The van der Waals surface area contributed by atoms with E-state index in [2.05, 4.69) is 85.1 Å². The van der Waals surface area contributed by atoms with Crippen molar-refractivity contribution in [3.8, 4) is 0 Å². The SMILES string of the molecule is CC.Cc1ccc2c(c1)c1cc(C)ccc1n2Cc1ccccc1. The second kappa shape index (κ2) is 6.92. The largest absolute Gasteiger partial charge is 0.336 e. The molecule has 1 aromatic heterocycles. The molecule has 0 atom stereocenters. The van der Waals surface area contributed by atoms with Gasteiger partial charge < -0.3 is 4.57 Å². The number of hydrogen-bond donors (Lipinski definition) is 0. The van der Waals surface area contributed by atoms with Gasteiger partial charge in [-0.05, 0) is 43.7 Å². The van der Waals surface area contributed by atoms with Crippen LogP contribution in [-0.4, -0.2) is 4.57 Å². The number of benzene rings is 3. The maximum Gasteiger partial charge on any atom is 0.0494 e. The Morgan fingerprint density at radius 2 is 1.17 bits per heavy atom. The second-order valence-corrected chi connectivity index (χ2v) is 6.11. The number of aromatic nitrogens is 1. The lowest BCUT2D eigenvalue weighted by Gasteiger charge is -2.08. The van der Waals surface area contributed by atoms with Gasteiger partial charge in [0, 0.05) is 28.4 Å². The van der Waals surface area contributed by atoms with Gasteiger partial charge in [0.2, 0.25) is 0 Å². The first-order valence-corrected chi connectivity index (χ1v) is 8.75. The van der Waals surface area contributed by atoms with E-state index < -0.39 is 0 Å². The van der Waals surface area contributed by atoms with Crippen molar-refractivity contribution in [3.63, 3.8) is 0 Å². The Kier molecular flexibility index (Phi) is 4.71. The molecule has 0 aliphatic rings. The van der Waals surface area contributed by atoms with Crippen molar-refractivity contribution in [2.45, 2.75) is 34.2 Å². The summed E-state index contributed by atoms with van der Waals surface area (Å²) in [5, 5.41) is 2.71. The molecule has 122 valence electrons. The molecule has 0 amide bonds. The number of hydrogen-bond acceptors (Lipinski definition) is 0. The van der Waals surface area contributed by atoms with Gasteiger partial charge in [-0.15, -0.1) is 0 Å². The van der Waals surface area contributed by atoms with Gasteiger partial charge in [-0.3, -0.25) is 0 Å². The van der Waals surface area contributed by atoms with Crippen molar-refractivity contribution in [2.75, 3.05) is 0 Å². The maximum atomic E-state index is 2.43. The fourth-order valence-corrected chi connectivity index (χ4v) is 3.27. The summed E-state index contributed by atoms with van der Waals surface area (Å²) in [6, 6.07) is 24.2. The molecular weight excluding hydrogens is 290 g/mol. The summed E-state index contributed by atoms with van der Waals surface area (Å²) in [5.74, 6) is 0. The number of fused-ring (bicyclic) bond motifs is 3. The van der Waals surface area contributed by atoms with Crippen molar-refractivity contribution in [1.82, 2.24) is 4.57 Å². The van der Waals surface area contributed by atoms with Gasteiger partial charge in [-0.25, -0.2) is 0 Å². The Hall–Kier alpha value is -2.54. The van der Waals surface area contributed by atoms with E-state index in [1.807, 2.05) is 13.8 Å². The van der Waals surface area contributed by atoms with Crippen LogP contribution < -0.4 is 0 Å². The minimum absolute atomic E-state index is 0.910. The van der Waals surface area contributed by atoms with E-state index in [1.54, 1.807) is 0 Å². The van der Waals surface area contributed by atoms with E-state index in [1.165, 1.54) is 38.5 Å². The molecule has 0 radical (unpaired) electrons. The first-order valence-electron chi connectivity index (χ1n) is 8.75. The molecule has 4 aromatic rings. The van der Waals surface area contributed by atoms with E-state index in [-0.39, 0.29) is 0 Å². The van der Waals surface area contributed by atoms with Crippen molar-refractivity contribution in [2.24, 2.45) is 0 Å². The first kappa shape index (κ1) is 16.3. The molecule has 4 rings (SSSR count). The molecule has 24 heavy (non-hydrogen) atoms. The average Bonchev–Trinajstić information content (AvgIpc) is 2.90. The summed E-state index contributed by atoms with van der Waals surface area (Å²) in [5.41, 5.74) is 6.59. The zero-order valence-corrected chi connectivity index (χ0v) is 15.0. The van der Waals surface area contributed by atoms with Gasteiger partial charge >= 0.3 is 0 Å². The van der Waals surface area contributed by atoms with Gasteiger partial charge in [0.25, 0.3) is 0 Å². The fourth-order valence-electron chi connectivity index (χ4n) is 3.27. The molecular formula is C23H25N. The van der Waals surface area contributed by atoms with Crippen molar-refractivity contribution >= 4 is 21.8 Å². The van der Waals surface area contributed by atoms with Crippen LogP contribution in [0.1, 0.15) is 30.5 Å². The van der Waals surface area contributed by atoms with Crippen molar-refractivity contribution < 1.29 is 0 Å². The Morgan fingerprint density at radius 1 is 0.667 bits per heavy atom. The van der Waals surface area contributed by atoms with Gasteiger partial charge in [0.1, 0.15) is 0 Å². The van der Waals surface area contributed by atoms with Crippen LogP contribution in [0.25, 0.3) is 21.8 Å². The topological polar surface area (TPSA) is 4.93 Å². The van der Waals surface area contributed by atoms with E-state index in [0.717, 1.165) is 6.54 Å². The molecule has 3 aromatic carbocycles. The average molecular weight is 315 g/mol. The molecule has 0 saturated carbocycles. The highest BCUT2D eigenvalue weighted by atomic mass is 15.0. The lowest BCUT2D eigenvalue weighted by Crippen LogP contribution is -1.99. The molecule has 0 saturated heterocycles. The molecule has 0 N–H and O–H groups in total. The molecule has 0 aliphatic heterocycles. The molecule has 0 bridgehead atoms. The molecule has 1 heterocycles. The Bertz CT molecular complexity index is 902. The minimum Gasteiger partial charge on any atom is -0.336 e. The van der Waals surface area contributed by atoms with Crippen LogP contribution in [0.15, 0.2) is 66.7 Å². The summed E-state index contributed by atoms with van der Waals surface area (Å²) in [6.07, 6.45) is 0. The van der Waals surface area contributed by atoms with Gasteiger partial charge in [0.05, 0.1) is 0 Å². The van der Waals surface area contributed by atoms with Crippen molar-refractivity contribution in [1.29, 1.82) is 0 Å². The third-order valence-electron chi connectivity index (χ3n) is 4.36. The molecule has 0 unspecified atom stereocenters. The van der Waals surface area contributed by atoms with Crippen LogP contribution in [-0.2, 0) is 6.54 Å². The first-order chi connectivity index (χ1) is 11.7. The lowest BCUT2D eigenvalue weighted by molar-refractivity contribution is 0.869. The van der Waals surface area contributed by atoms with Crippen LogP contribution in [0.3, 0.4) is 0 Å². The summed E-state index contributed by atoms with van der Waals surface area (Å²) < 4.78 is 2.43. The predicted molar refractivity (Wildman–Crippen MR) is 106 cm³/mol. The number of aryl methyl sites for hydroxylation is 2. The standard InChI is InChI=1S/C21H19N.C2H6/c1-15-8-10-20-18(12-15)19-13-16(2)9-11-21(19)22(20)14-17-6-4-3-5-7-17;1-2/h3-13H,14H2,1-2H3;1-2H3. The van der Waals surface area contributed by atoms with Crippen LogP contribution in [0.5, 0.6) is 0 Å². The Balaban J connectivity index is 0.000000815. The smallest absolute Gasteiger partial charge is 0.0494 e. The normalized spacial score (nSPS) is 10.7. The summed E-state index contributed by atoms with van der Waals surface area (Å²) in [7, 11) is 0. The zero-order valence-electron chi connectivity index (χ0n) is 15.0. The third kappa shape index (κ3) is 2.94. The van der Waals surface area contributed by atoms with Crippen LogP contribution in [0.2, 0.25) is 0 Å². The van der Waals surface area contributed by atoms with E-state index in [0.29, 0.717) is 0 Å². The van der Waals surface area contributed by atoms with Crippen LogP contribution >= 0.6 is 0 Å². The highest BCUT2D eigenvalue weighted by Gasteiger charge is 2.11. The Morgan fingerprint density at radius 3 is 1.67 bits per heavy atom. The molecule has 0 spiro atoms. The molecule has 1 nitrogen and oxygen atoms in total. The lowest BCUT2D eigenvalue weighted by atomic mass is 10.1. The Labute approximate surface area is 144 Å². The zero-order chi connectivity index (χ0) is 17.1. The third-order valence-corrected chi connectivity index (χ3v) is 4.36. The second-order valence-electron chi connectivity index (χ2n) is 6.11. The highest BCUT2D eigenvalue weighted by molar-refractivity contribution is 6.08. The maximum absolute atomic E-state index is 2.43. The molecule has 1 heteroatoms. The van der Waals surface area contributed by atoms with E-state index >= 15 is 0 Å². The summed E-state index contributed by atoms with van der Waals surface area (Å²) in [4.78, 5) is 0. The fraction of sp³-hybridized carbons (Fsp3) is 0.217. The van der Waals surface area contributed by atoms with Crippen LogP contribution in [0, 0.1) is 13.8 Å². The minimum atomic E-state index is 0.910. The molecule has 0 aliphatic carbocycles. The number of nitrogens with zero attached hydrogens (tertiary/aromatic N) is 1. The van der Waals surface area contributed by atoms with Gasteiger partial charge in [-0.1, -0.05) is 67.4 Å². The summed E-state index contributed by atoms with van der Waals surface area (Å²) in [6.45, 7) is 9.23. The predicted octanol–water partition coefficient (Wildman–Crippen LogP) is 6.49. The van der Waals surface area contributed by atoms with Crippen LogP contribution in [0.4, 0.5) is 0 Å². The molecule has 0 fully saturated rings. The van der Waals surface area contributed by atoms with E-state index in [9.17, 15) is 0 Å². The number of rotatable bonds is 2. The van der Waals surface area contributed by atoms with Gasteiger partial charge in [-0.2, -0.15) is 0 Å². The summed E-state index contributed by atoms with van der Waals surface area (Å²) >= 11 is 0. The van der Waals surface area contributed by atoms with Crippen molar-refractivity contribution in [3.05, 3.63) is 83.4 Å².